The number of ether oxygens (including phenoxy) is 1. The van der Waals surface area contributed by atoms with Crippen molar-refractivity contribution in [3.8, 4) is 5.75 Å². The van der Waals surface area contributed by atoms with Crippen molar-refractivity contribution in [2.24, 2.45) is 5.92 Å². The van der Waals surface area contributed by atoms with E-state index < -0.39 is 16.1 Å². The number of H-pyrrole nitrogens is 1. The first-order valence-electron chi connectivity index (χ1n) is 11.4. The molecule has 2 heterocycles. The van der Waals surface area contributed by atoms with Gasteiger partial charge in [-0.05, 0) is 51.7 Å². The third kappa shape index (κ3) is 7.05. The van der Waals surface area contributed by atoms with Crippen molar-refractivity contribution in [2.75, 3.05) is 19.7 Å². The van der Waals surface area contributed by atoms with Gasteiger partial charge in [0.25, 0.3) is 5.91 Å². The largest absolute Gasteiger partial charge is 0.598 e. The number of nitrogens with one attached hydrogen (secondary N) is 2. The monoisotopic (exact) mass is 539 g/mol. The van der Waals surface area contributed by atoms with Crippen LogP contribution in [0.4, 0.5) is 0 Å². The standard InChI is InChI=1S/C25H31Cl2N3O4S/c1-5-12-34-21-14-20(27)19(26)13-18(21)23(29-35(33)25(2,3)4)16-8-10-30(11-9-16)24(32)17-6-7-22(31)28-15-17/h5-7,13-16,23,29H,1,8-12H2,2-4H3,(H,28,31)/t23?,35-/m0/s1. The van der Waals surface area contributed by atoms with E-state index in [2.05, 4.69) is 16.3 Å². The lowest BCUT2D eigenvalue weighted by atomic mass is 9.85. The molecule has 0 spiro atoms. The van der Waals surface area contributed by atoms with Gasteiger partial charge in [-0.25, -0.2) is 0 Å². The fourth-order valence-corrected chi connectivity index (χ4v) is 5.16. The zero-order chi connectivity index (χ0) is 25.8. The van der Waals surface area contributed by atoms with Gasteiger partial charge in [0.1, 0.15) is 17.1 Å². The molecular formula is C25H31Cl2N3O4S. The molecule has 1 saturated heterocycles. The first-order chi connectivity index (χ1) is 16.5. The second-order valence-corrected chi connectivity index (χ2v) is 12.3. The summed E-state index contributed by atoms with van der Waals surface area (Å²) in [7, 11) is 0. The number of carbonyl (C=O) groups excluding carboxylic acids is 1. The number of rotatable bonds is 8. The number of aromatic nitrogens is 1. The van der Waals surface area contributed by atoms with Crippen molar-refractivity contribution in [1.29, 1.82) is 0 Å². The van der Waals surface area contributed by atoms with Crippen LogP contribution in [0.1, 0.15) is 55.6 Å². The number of hydrogen-bond acceptors (Lipinski definition) is 5. The third-order valence-corrected chi connectivity index (χ3v) is 8.17. The molecule has 1 amide bonds. The van der Waals surface area contributed by atoms with Gasteiger partial charge in [0, 0.05) is 48.3 Å². The number of hydrogen-bond donors (Lipinski definition) is 2. The Labute approximate surface area is 219 Å². The van der Waals surface area contributed by atoms with Crippen LogP contribution in [0.25, 0.3) is 0 Å². The number of nitrogens with zero attached hydrogens (tertiary/aromatic N) is 1. The molecule has 7 nitrogen and oxygen atoms in total. The van der Waals surface area contributed by atoms with Gasteiger partial charge in [0.15, 0.2) is 0 Å². The van der Waals surface area contributed by atoms with Crippen LogP contribution < -0.4 is 15.0 Å². The summed E-state index contributed by atoms with van der Waals surface area (Å²) in [6, 6.07) is 5.97. The number of piperidine rings is 1. The number of likely N-dealkylation sites (tertiary alicyclic amines) is 1. The van der Waals surface area contributed by atoms with Crippen LogP contribution in [0, 0.1) is 5.92 Å². The summed E-state index contributed by atoms with van der Waals surface area (Å²) in [5.41, 5.74) is 0.956. The lowest BCUT2D eigenvalue weighted by Gasteiger charge is -2.38. The molecule has 1 fully saturated rings. The first-order valence-corrected chi connectivity index (χ1v) is 13.3. The highest BCUT2D eigenvalue weighted by molar-refractivity contribution is 7.90. The number of benzene rings is 1. The van der Waals surface area contributed by atoms with Crippen molar-refractivity contribution < 1.29 is 14.1 Å². The van der Waals surface area contributed by atoms with Crippen LogP contribution in [0.3, 0.4) is 0 Å². The van der Waals surface area contributed by atoms with E-state index in [1.165, 1.54) is 18.3 Å². The normalized spacial score (nSPS) is 16.6. The Morgan fingerprint density at radius 1 is 1.31 bits per heavy atom. The second kappa shape index (κ2) is 11.8. The Morgan fingerprint density at radius 2 is 1.97 bits per heavy atom. The summed E-state index contributed by atoms with van der Waals surface area (Å²) in [6.45, 7) is 10.8. The summed E-state index contributed by atoms with van der Waals surface area (Å²) in [5.74, 6) is 0.478. The first kappa shape index (κ1) is 27.6. The van der Waals surface area contributed by atoms with Gasteiger partial charge >= 0.3 is 0 Å². The molecule has 10 heteroatoms. The maximum absolute atomic E-state index is 13.1. The van der Waals surface area contributed by atoms with E-state index in [4.69, 9.17) is 27.9 Å². The van der Waals surface area contributed by atoms with Crippen molar-refractivity contribution in [1.82, 2.24) is 14.6 Å². The molecule has 1 aromatic heterocycles. The number of carbonyl (C=O) groups is 1. The quantitative estimate of drug-likeness (QED) is 0.367. The van der Waals surface area contributed by atoms with Gasteiger partial charge in [-0.1, -0.05) is 35.9 Å². The highest BCUT2D eigenvalue weighted by Gasteiger charge is 2.37. The third-order valence-electron chi connectivity index (χ3n) is 5.86. The molecule has 3 rings (SSSR count). The lowest BCUT2D eigenvalue weighted by molar-refractivity contribution is 0.0673. The Kier molecular flexibility index (Phi) is 9.34. The van der Waals surface area contributed by atoms with Crippen LogP contribution in [0.15, 0.2) is 47.9 Å². The maximum atomic E-state index is 13.1. The average molecular weight is 541 g/mol. The molecule has 2 N–H and O–H groups in total. The van der Waals surface area contributed by atoms with E-state index in [1.807, 2.05) is 20.8 Å². The summed E-state index contributed by atoms with van der Waals surface area (Å²) in [6.07, 6.45) is 4.43. The fourth-order valence-electron chi connectivity index (χ4n) is 3.93. The molecule has 0 radical (unpaired) electrons. The van der Waals surface area contributed by atoms with Crippen molar-refractivity contribution in [3.63, 3.8) is 0 Å². The molecule has 190 valence electrons. The van der Waals surface area contributed by atoms with E-state index in [0.29, 0.717) is 47.3 Å². The zero-order valence-corrected chi connectivity index (χ0v) is 22.4. The Bertz CT molecular complexity index is 1090. The highest BCUT2D eigenvalue weighted by Crippen LogP contribution is 2.41. The topological polar surface area (TPSA) is 97.5 Å². The molecule has 35 heavy (non-hydrogen) atoms. The number of amides is 1. The zero-order valence-electron chi connectivity index (χ0n) is 20.1. The minimum Gasteiger partial charge on any atom is -0.598 e. The van der Waals surface area contributed by atoms with Gasteiger partial charge in [-0.15, -0.1) is 4.72 Å². The van der Waals surface area contributed by atoms with Crippen molar-refractivity contribution in [3.05, 3.63) is 74.6 Å². The SMILES string of the molecule is C=CCOc1cc(Cl)c(Cl)cc1C(N[S@@+]([O-])C(C)(C)C)C1CCN(C(=O)c2ccc(=O)[nH]c2)CC1. The average Bonchev–Trinajstić information content (AvgIpc) is 2.82. The molecule has 0 aliphatic carbocycles. The van der Waals surface area contributed by atoms with Crippen LogP contribution in [-0.2, 0) is 11.4 Å². The van der Waals surface area contributed by atoms with Crippen molar-refractivity contribution >= 4 is 40.5 Å². The Hall–Kier alpha value is -1.97. The van der Waals surface area contributed by atoms with Crippen molar-refractivity contribution in [2.45, 2.75) is 44.4 Å². The van der Waals surface area contributed by atoms with E-state index in [9.17, 15) is 14.1 Å². The second-order valence-electron chi connectivity index (χ2n) is 9.45. The smallest absolute Gasteiger partial charge is 0.255 e. The summed E-state index contributed by atoms with van der Waals surface area (Å²) < 4.78 is 21.9. The lowest BCUT2D eigenvalue weighted by Crippen LogP contribution is -2.46. The molecule has 0 bridgehead atoms. The predicted octanol–water partition coefficient (Wildman–Crippen LogP) is 4.89. The molecule has 1 aliphatic heterocycles. The Morgan fingerprint density at radius 3 is 2.54 bits per heavy atom. The minimum absolute atomic E-state index is 0.0595. The molecule has 2 aromatic rings. The van der Waals surface area contributed by atoms with E-state index >= 15 is 0 Å². The summed E-state index contributed by atoms with van der Waals surface area (Å²) in [4.78, 5) is 28.5. The van der Waals surface area contributed by atoms with Crippen LogP contribution in [-0.4, -0.2) is 44.8 Å². The van der Waals surface area contributed by atoms with Crippen LogP contribution in [0.2, 0.25) is 10.0 Å². The minimum atomic E-state index is -1.36. The fraction of sp³-hybridized carbons (Fsp3) is 0.440. The molecule has 1 unspecified atom stereocenters. The highest BCUT2D eigenvalue weighted by atomic mass is 35.5. The van der Waals surface area contributed by atoms with E-state index in [1.54, 1.807) is 23.1 Å². The molecule has 0 saturated carbocycles. The van der Waals surface area contributed by atoms with Gasteiger partial charge in [-0.2, -0.15) is 0 Å². The van der Waals surface area contributed by atoms with Gasteiger partial charge in [-0.3, -0.25) is 9.59 Å². The van der Waals surface area contributed by atoms with Crippen LogP contribution in [0.5, 0.6) is 5.75 Å². The Balaban J connectivity index is 1.87. The van der Waals surface area contributed by atoms with Gasteiger partial charge in [0.05, 0.1) is 21.7 Å². The van der Waals surface area contributed by atoms with Crippen LogP contribution >= 0.6 is 23.2 Å². The summed E-state index contributed by atoms with van der Waals surface area (Å²) >= 11 is 11.3. The predicted molar refractivity (Wildman–Crippen MR) is 142 cm³/mol. The molecule has 2 atom stereocenters. The molecule has 1 aromatic carbocycles. The number of aromatic amines is 1. The van der Waals surface area contributed by atoms with Gasteiger partial charge < -0.3 is 19.2 Å². The molecular weight excluding hydrogens is 509 g/mol. The summed E-state index contributed by atoms with van der Waals surface area (Å²) in [5, 5.41) is 0.748. The number of pyridine rings is 1. The molecule has 1 aliphatic rings. The van der Waals surface area contributed by atoms with E-state index in [-0.39, 0.29) is 30.0 Å². The maximum Gasteiger partial charge on any atom is 0.255 e. The van der Waals surface area contributed by atoms with Gasteiger partial charge in [0.2, 0.25) is 5.56 Å². The van der Waals surface area contributed by atoms with E-state index in [0.717, 1.165) is 5.56 Å². The number of halogens is 2.